The summed E-state index contributed by atoms with van der Waals surface area (Å²) < 4.78 is 68.3. The van der Waals surface area contributed by atoms with Crippen molar-refractivity contribution in [3.8, 4) is 5.75 Å². The first-order valence-electron chi connectivity index (χ1n) is 31.9. The van der Waals surface area contributed by atoms with E-state index in [0.717, 1.165) is 12.5 Å². The Balaban J connectivity index is 1.08. The van der Waals surface area contributed by atoms with Gasteiger partial charge in [-0.15, -0.1) is 0 Å². The van der Waals surface area contributed by atoms with Crippen LogP contribution in [0.4, 0.5) is 0 Å². The number of phosphoric acid groups is 2. The molecule has 0 radical (unpaired) electrons. The molecule has 15 unspecified atom stereocenters. The first kappa shape index (κ1) is 82.8. The fourth-order valence-electron chi connectivity index (χ4n) is 13.9. The van der Waals surface area contributed by atoms with E-state index in [1.807, 2.05) is 22.6 Å². The van der Waals surface area contributed by atoms with Gasteiger partial charge in [-0.2, -0.15) is 0 Å². The minimum atomic E-state index is -5.19. The van der Waals surface area contributed by atoms with E-state index in [2.05, 4.69) is 30.3 Å². The number of primary amides is 1. The summed E-state index contributed by atoms with van der Waals surface area (Å²) in [6, 6.07) is -0.534. The second-order valence-electron chi connectivity index (χ2n) is 26.1. The number of fused-ring (bicyclic) bond motifs is 2. The molecule has 4 aliphatic carbocycles. The Labute approximate surface area is 579 Å². The summed E-state index contributed by atoms with van der Waals surface area (Å²) >= 11 is 1.94. The average molecular weight is 1580 g/mol. The van der Waals surface area contributed by atoms with E-state index in [4.69, 9.17) is 34.2 Å². The number of hydrogen-bond donors (Lipinski definition) is 24. The number of carbonyl (C=O) groups excluding carboxylic acids is 5. The van der Waals surface area contributed by atoms with Crippen LogP contribution in [0.5, 0.6) is 5.75 Å². The van der Waals surface area contributed by atoms with Crippen molar-refractivity contribution < 1.29 is 167 Å². The zero-order valence-electron chi connectivity index (χ0n) is 53.7. The average Bonchev–Trinajstić information content (AvgIpc) is 0.717. The zero-order chi connectivity index (χ0) is 73.7. The molecule has 6 aliphatic rings. The number of carbonyl (C=O) groups is 5. The molecule has 2 saturated heterocycles. The number of phosphoric ester groups is 2. The lowest BCUT2D eigenvalue weighted by Gasteiger charge is -2.62. The van der Waals surface area contributed by atoms with Crippen molar-refractivity contribution in [2.75, 3.05) is 33.0 Å². The van der Waals surface area contributed by atoms with Gasteiger partial charge in [0.1, 0.15) is 23.9 Å². The van der Waals surface area contributed by atoms with E-state index >= 15 is 0 Å². The van der Waals surface area contributed by atoms with Gasteiger partial charge < -0.3 is 152 Å². The third kappa shape index (κ3) is 19.9. The monoisotopic (exact) mass is 1580 g/mol. The summed E-state index contributed by atoms with van der Waals surface area (Å²) in [7, 11) is -10.4. The number of aliphatic hydroxyl groups excluding tert-OH is 13. The van der Waals surface area contributed by atoms with Crippen LogP contribution in [0, 0.1) is 50.9 Å². The number of nitrogens with two attached hydrogens (primary N) is 1. The lowest BCUT2D eigenvalue weighted by molar-refractivity contribution is -0.505. The second-order valence-corrected chi connectivity index (χ2v) is 29.7. The number of phenols is 1. The topological polar surface area (TPSA) is 652 Å². The van der Waals surface area contributed by atoms with E-state index in [9.17, 15) is 129 Å². The van der Waals surface area contributed by atoms with Gasteiger partial charge in [-0.3, -0.25) is 33.0 Å². The van der Waals surface area contributed by atoms with Crippen LogP contribution >= 0.6 is 38.2 Å². The number of nitrogens with one attached hydrogen (secondary N) is 4. The summed E-state index contributed by atoms with van der Waals surface area (Å²) in [5, 5.41) is 174. The first-order chi connectivity index (χ1) is 46.2. The van der Waals surface area contributed by atoms with E-state index in [-0.39, 0.29) is 43.9 Å². The maximum Gasteiger partial charge on any atom is 0.469 e. The van der Waals surface area contributed by atoms with Gasteiger partial charge in [-0.05, 0) is 106 Å². The lowest BCUT2D eigenvalue weighted by atomic mass is 9.68. The molecule has 4 saturated carbocycles. The summed E-state index contributed by atoms with van der Waals surface area (Å²) in [6.45, 7) is -0.507. The fraction of sp³-hybridized carbons (Fsp3) is 0.807. The van der Waals surface area contributed by atoms with Gasteiger partial charge in [0.15, 0.2) is 36.7 Å². The van der Waals surface area contributed by atoms with E-state index < -0.39 is 267 Å². The Morgan fingerprint density at radius 2 is 1.29 bits per heavy atom. The lowest BCUT2D eigenvalue weighted by Crippen LogP contribution is -2.75. The molecule has 25 N–H and O–H groups in total. The Morgan fingerprint density at radius 3 is 1.89 bits per heavy atom. The number of aryl methyl sites for hydroxylation is 1. The van der Waals surface area contributed by atoms with Crippen molar-refractivity contribution in [1.29, 1.82) is 0 Å². The molecule has 0 aromatic heterocycles. The van der Waals surface area contributed by atoms with E-state index in [1.165, 1.54) is 19.9 Å². The Hall–Kier alpha value is -3.48. The molecule has 7 rings (SSSR count). The summed E-state index contributed by atoms with van der Waals surface area (Å²) in [5.41, 5.74) is 6.62. The standard InChI is InChI=1S/C57H92IN5O34P2/c1-21(93-55-30-16-39(71)46(76)31(18-65)57(30,97-55)95-53(82)25-13-36(68)45(75)28(43(25)73)19-90-98(84,85)86)41(49(59)78)63-50(79)34(6-4-5-11-60-40(72)10-8-24-7-9-35(67)33(58)12-24)62-51(80)42(61-23(3)66)22(2)92-52(81)26-14-37(69)44(74)27(17-64)48(26)94-54-29-15-38(70)47(77)32(56(29,83)96-54)20-91-99(87,88)89/h7,9,12,21-22,25-32,34,36-39,41-48,52-55,64-65,67-71,73-77,81-83H,4-6,8,10-11,13-20H2,1-3H3,(H2,59,78)(H,60,72)(H,61,66)(H,62,80)(H,63,79)(H2,84,85,86)(H2,87,88,89)/t21?,22-,25+,26+,27?,28?,29?,30-,31?,32?,34+,36-,37-,38-,39-,41?,42+,43?,44+,45+,46+,47+,48?,52?,53?,54?,55?,56?,57?/m1/s1/i58-4. The quantitative estimate of drug-likeness (QED) is 0.0132. The van der Waals surface area contributed by atoms with Crippen molar-refractivity contribution in [2.45, 2.75) is 207 Å². The molecule has 42 heteroatoms. The van der Waals surface area contributed by atoms with Crippen molar-refractivity contribution in [1.82, 2.24) is 21.3 Å². The fourth-order valence-corrected chi connectivity index (χ4v) is 15.2. The summed E-state index contributed by atoms with van der Waals surface area (Å²) in [5.74, 6) is -21.5. The highest BCUT2D eigenvalue weighted by Gasteiger charge is 2.70. The minimum Gasteiger partial charge on any atom is -0.507 e. The van der Waals surface area contributed by atoms with Crippen LogP contribution in [-0.2, 0) is 77.0 Å². The number of amides is 5. The molecule has 5 amide bonds. The van der Waals surface area contributed by atoms with Crippen molar-refractivity contribution in [3.63, 3.8) is 0 Å². The maximum absolute atomic E-state index is 14.6. The van der Waals surface area contributed by atoms with E-state index in [0.29, 0.717) is 9.99 Å². The van der Waals surface area contributed by atoms with Gasteiger partial charge in [0, 0.05) is 43.6 Å². The normalized spacial score (nSPS) is 36.7. The third-order valence-corrected chi connectivity index (χ3v) is 21.2. The molecule has 0 spiro atoms. The van der Waals surface area contributed by atoms with Gasteiger partial charge >= 0.3 is 15.6 Å². The van der Waals surface area contributed by atoms with Crippen LogP contribution < -0.4 is 27.0 Å². The molecule has 2 heterocycles. The number of ether oxygens (including phenoxy) is 6. The van der Waals surface area contributed by atoms with Crippen LogP contribution in [0.1, 0.15) is 77.7 Å². The number of aliphatic hydroxyl groups is 14. The molecule has 2 aliphatic heterocycles. The van der Waals surface area contributed by atoms with Crippen LogP contribution in [0.15, 0.2) is 18.2 Å². The highest BCUT2D eigenvalue weighted by molar-refractivity contribution is 14.1. The number of unbranched alkanes of at least 4 members (excludes halogenated alkanes) is 1. The SMILES string of the molecule is CC(=O)N[C@H](C(=O)N[C@@H](CCCCNC(=O)CCc1ccc(O)c([123I])c1)C(=O)NC(C(N)=O)C(C)OC1OC2(OC(O)[C@H]3C[C@@H](O)[C@@H](O)C(COP(=O)(O)O)C3O)C(CO)[C@H](O)[C@H](O)C[C@H]12)[C@@H](C)OC(O)[C@H]1C[C@@H](O)[C@@H](O)C(CO)C1OC1OC2(O)C1C[C@@H](O)[C@@H](O)C2COP(=O)(O)O. The van der Waals surface area contributed by atoms with Crippen LogP contribution in [0.2, 0.25) is 0 Å². The molecule has 99 heavy (non-hydrogen) atoms. The highest BCUT2D eigenvalue weighted by atomic mass is 123. The van der Waals surface area contributed by atoms with Crippen LogP contribution in [-0.4, -0.2) is 287 Å². The Morgan fingerprint density at radius 1 is 0.697 bits per heavy atom. The smallest absolute Gasteiger partial charge is 0.469 e. The number of benzene rings is 1. The molecule has 566 valence electrons. The molecule has 0 bridgehead atoms. The van der Waals surface area contributed by atoms with Crippen molar-refractivity contribution in [3.05, 3.63) is 27.3 Å². The molecular formula is C57H92IN5O34P2. The number of halogens is 1. The predicted molar refractivity (Wildman–Crippen MR) is 334 cm³/mol. The van der Waals surface area contributed by atoms with Gasteiger partial charge in [-0.25, -0.2) is 9.13 Å². The predicted octanol–water partition coefficient (Wildman–Crippen LogP) is -7.88. The molecule has 39 nitrogen and oxygen atoms in total. The number of aromatic hydroxyl groups is 1. The van der Waals surface area contributed by atoms with Crippen LogP contribution in [0.25, 0.3) is 0 Å². The molecule has 6 fully saturated rings. The molecule has 1 aromatic carbocycles. The number of hydrogen-bond acceptors (Lipinski definition) is 30. The Bertz CT molecular complexity index is 3020. The van der Waals surface area contributed by atoms with Crippen molar-refractivity contribution >= 4 is 67.8 Å². The highest BCUT2D eigenvalue weighted by Crippen LogP contribution is 2.56. The summed E-state index contributed by atoms with van der Waals surface area (Å²) in [4.78, 5) is 106. The second kappa shape index (κ2) is 34.6. The molecule has 29 atom stereocenters. The van der Waals surface area contributed by atoms with Gasteiger partial charge in [0.05, 0.1) is 127 Å². The van der Waals surface area contributed by atoms with Gasteiger partial charge in [-0.1, -0.05) is 6.07 Å². The minimum absolute atomic E-state index is 0.0380. The number of rotatable bonds is 34. The number of phenolic OH excluding ortho intramolecular Hbond substituents is 1. The van der Waals surface area contributed by atoms with Gasteiger partial charge in [0.25, 0.3) is 0 Å². The van der Waals surface area contributed by atoms with Crippen molar-refractivity contribution in [2.24, 2.45) is 53.1 Å². The molecular weight excluding hydrogens is 1480 g/mol. The zero-order valence-corrected chi connectivity index (χ0v) is 57.6. The van der Waals surface area contributed by atoms with E-state index in [1.54, 1.807) is 12.1 Å². The molecule has 1 aromatic rings. The third-order valence-electron chi connectivity index (χ3n) is 19.4. The van der Waals surface area contributed by atoms with Gasteiger partial charge in [0.2, 0.25) is 29.5 Å². The maximum atomic E-state index is 14.6. The van der Waals surface area contributed by atoms with Crippen LogP contribution in [0.3, 0.4) is 0 Å². The Kier molecular flexibility index (Phi) is 29.0. The largest absolute Gasteiger partial charge is 0.507 e. The first-order valence-corrected chi connectivity index (χ1v) is 36.0. The summed E-state index contributed by atoms with van der Waals surface area (Å²) in [6.07, 6.45) is -30.0.